The summed E-state index contributed by atoms with van der Waals surface area (Å²) in [7, 11) is 0. The van der Waals surface area contributed by atoms with Crippen molar-refractivity contribution in [2.45, 2.75) is 25.7 Å². The summed E-state index contributed by atoms with van der Waals surface area (Å²) in [5.41, 5.74) is 5.68. The van der Waals surface area contributed by atoms with Crippen molar-refractivity contribution in [3.8, 4) is 0 Å². The number of amides is 2. The fourth-order valence-corrected chi connectivity index (χ4v) is 2.62. The summed E-state index contributed by atoms with van der Waals surface area (Å²) in [5.74, 6) is -0.115. The molecule has 0 spiro atoms. The molecule has 0 aromatic carbocycles. The Kier molecular flexibility index (Phi) is 4.09. The second-order valence-electron chi connectivity index (χ2n) is 4.30. The van der Waals surface area contributed by atoms with E-state index in [0.29, 0.717) is 23.2 Å². The van der Waals surface area contributed by atoms with Crippen molar-refractivity contribution in [3.05, 3.63) is 23.2 Å². The first-order valence-corrected chi connectivity index (χ1v) is 6.70. The van der Waals surface area contributed by atoms with Gasteiger partial charge in [0.15, 0.2) is 5.13 Å². The minimum atomic E-state index is -0.422. The topological polar surface area (TPSA) is 85.1 Å². The van der Waals surface area contributed by atoms with E-state index in [0.717, 1.165) is 12.8 Å². The van der Waals surface area contributed by atoms with Gasteiger partial charge in [0.1, 0.15) is 0 Å². The Hall–Kier alpha value is -1.69. The van der Waals surface area contributed by atoms with Gasteiger partial charge in [0.05, 0.1) is 12.1 Å². The van der Waals surface area contributed by atoms with Crippen LogP contribution < -0.4 is 11.1 Å². The van der Waals surface area contributed by atoms with Crippen LogP contribution in [0.1, 0.15) is 25.0 Å². The number of aromatic nitrogens is 1. The first-order valence-electron chi connectivity index (χ1n) is 5.82. The number of allylic oxidation sites excluding steroid dienone is 2. The Morgan fingerprint density at radius 3 is 3.06 bits per heavy atom. The molecule has 2 rings (SSSR count). The molecule has 0 fully saturated rings. The maximum absolute atomic E-state index is 11.7. The lowest BCUT2D eigenvalue weighted by molar-refractivity contribution is -0.117. The molecular weight excluding hydrogens is 250 g/mol. The van der Waals surface area contributed by atoms with Crippen LogP contribution in [-0.4, -0.2) is 16.8 Å². The van der Waals surface area contributed by atoms with E-state index in [1.165, 1.54) is 11.3 Å². The molecule has 1 aliphatic carbocycles. The Balaban J connectivity index is 1.84. The number of nitrogens with zero attached hydrogens (tertiary/aromatic N) is 1. The summed E-state index contributed by atoms with van der Waals surface area (Å²) in [6.45, 7) is 0. The van der Waals surface area contributed by atoms with E-state index < -0.39 is 5.91 Å². The lowest BCUT2D eigenvalue weighted by Gasteiger charge is -2.06. The highest BCUT2D eigenvalue weighted by atomic mass is 32.1. The van der Waals surface area contributed by atoms with Gasteiger partial charge < -0.3 is 11.1 Å². The number of nitrogens with two attached hydrogens (primary N) is 1. The van der Waals surface area contributed by atoms with E-state index in [2.05, 4.69) is 22.5 Å². The Morgan fingerprint density at radius 2 is 2.39 bits per heavy atom. The average molecular weight is 265 g/mol. The number of hydrogen-bond acceptors (Lipinski definition) is 4. The third-order valence-corrected chi connectivity index (χ3v) is 3.52. The minimum Gasteiger partial charge on any atom is -0.369 e. The van der Waals surface area contributed by atoms with Crippen LogP contribution in [0.4, 0.5) is 5.13 Å². The van der Waals surface area contributed by atoms with Crippen molar-refractivity contribution in [2.24, 2.45) is 11.7 Å². The van der Waals surface area contributed by atoms with Crippen molar-refractivity contribution >= 4 is 28.3 Å². The SMILES string of the molecule is NC(=O)Cc1csc(NC(=O)C[C@@H]2C=CCC2)n1. The number of hydrogen-bond donors (Lipinski definition) is 2. The van der Waals surface area contributed by atoms with Crippen LogP contribution in [0.3, 0.4) is 0 Å². The molecule has 1 aromatic heterocycles. The largest absolute Gasteiger partial charge is 0.369 e. The summed E-state index contributed by atoms with van der Waals surface area (Å²) < 4.78 is 0. The number of thiazole rings is 1. The molecule has 1 atom stereocenters. The lowest BCUT2D eigenvalue weighted by Crippen LogP contribution is -2.15. The van der Waals surface area contributed by atoms with Gasteiger partial charge in [-0.1, -0.05) is 12.2 Å². The number of carbonyl (C=O) groups excluding carboxylic acids is 2. The van der Waals surface area contributed by atoms with Crippen molar-refractivity contribution < 1.29 is 9.59 Å². The molecular formula is C12H15N3O2S. The van der Waals surface area contributed by atoms with Gasteiger partial charge in [-0.15, -0.1) is 11.3 Å². The second kappa shape index (κ2) is 5.77. The zero-order chi connectivity index (χ0) is 13.0. The van der Waals surface area contributed by atoms with Gasteiger partial charge in [-0.2, -0.15) is 0 Å². The van der Waals surface area contributed by atoms with E-state index in [-0.39, 0.29) is 12.3 Å². The second-order valence-corrected chi connectivity index (χ2v) is 5.16. The molecule has 0 radical (unpaired) electrons. The first-order chi connectivity index (χ1) is 8.63. The summed E-state index contributed by atoms with van der Waals surface area (Å²) in [5, 5.41) is 5.00. The van der Waals surface area contributed by atoms with E-state index in [9.17, 15) is 9.59 Å². The van der Waals surface area contributed by atoms with Gasteiger partial charge in [0, 0.05) is 11.8 Å². The van der Waals surface area contributed by atoms with Crippen molar-refractivity contribution in [1.82, 2.24) is 4.98 Å². The fraction of sp³-hybridized carbons (Fsp3) is 0.417. The van der Waals surface area contributed by atoms with Crippen molar-refractivity contribution in [1.29, 1.82) is 0 Å². The Morgan fingerprint density at radius 1 is 1.56 bits per heavy atom. The predicted molar refractivity (Wildman–Crippen MR) is 70.1 cm³/mol. The molecule has 96 valence electrons. The van der Waals surface area contributed by atoms with Crippen LogP contribution in [-0.2, 0) is 16.0 Å². The number of carbonyl (C=O) groups is 2. The highest BCUT2D eigenvalue weighted by Crippen LogP contribution is 2.22. The number of primary amides is 1. The van der Waals surface area contributed by atoms with Gasteiger partial charge in [0.25, 0.3) is 0 Å². The third-order valence-electron chi connectivity index (χ3n) is 2.71. The highest BCUT2D eigenvalue weighted by molar-refractivity contribution is 7.13. The normalized spacial score (nSPS) is 17.9. The molecule has 0 aliphatic heterocycles. The zero-order valence-corrected chi connectivity index (χ0v) is 10.7. The Labute approximate surface area is 109 Å². The van der Waals surface area contributed by atoms with Gasteiger partial charge >= 0.3 is 0 Å². The smallest absolute Gasteiger partial charge is 0.226 e. The Bertz CT molecular complexity index is 481. The van der Waals surface area contributed by atoms with Gasteiger partial charge in [0.2, 0.25) is 11.8 Å². The molecule has 0 bridgehead atoms. The number of anilines is 1. The molecule has 1 heterocycles. The molecule has 2 amide bonds. The molecule has 1 aliphatic rings. The quantitative estimate of drug-likeness (QED) is 0.790. The van der Waals surface area contributed by atoms with Crippen LogP contribution >= 0.6 is 11.3 Å². The maximum Gasteiger partial charge on any atom is 0.226 e. The van der Waals surface area contributed by atoms with E-state index in [4.69, 9.17) is 5.73 Å². The van der Waals surface area contributed by atoms with E-state index in [1.54, 1.807) is 5.38 Å². The average Bonchev–Trinajstić information content (AvgIpc) is 2.89. The summed E-state index contributed by atoms with van der Waals surface area (Å²) >= 11 is 1.31. The molecule has 6 heteroatoms. The van der Waals surface area contributed by atoms with E-state index >= 15 is 0 Å². The molecule has 0 saturated heterocycles. The summed E-state index contributed by atoms with van der Waals surface area (Å²) in [6, 6.07) is 0. The molecule has 18 heavy (non-hydrogen) atoms. The predicted octanol–water partition coefficient (Wildman–Crippen LogP) is 1.47. The summed E-state index contributed by atoms with van der Waals surface area (Å²) in [4.78, 5) is 26.6. The molecule has 1 aromatic rings. The molecule has 0 unspecified atom stereocenters. The number of nitrogens with one attached hydrogen (secondary N) is 1. The molecule has 0 saturated carbocycles. The zero-order valence-electron chi connectivity index (χ0n) is 9.89. The maximum atomic E-state index is 11.7. The van der Waals surface area contributed by atoms with Crippen LogP contribution in [0.5, 0.6) is 0 Å². The standard InChI is InChI=1S/C12H15N3O2S/c13-10(16)6-9-7-18-12(14-9)15-11(17)5-8-3-1-2-4-8/h1,3,7-8H,2,4-6H2,(H2,13,16)(H,14,15,17)/t8-/m1/s1. The van der Waals surface area contributed by atoms with Crippen molar-refractivity contribution in [3.63, 3.8) is 0 Å². The van der Waals surface area contributed by atoms with Gasteiger partial charge in [-0.05, 0) is 18.8 Å². The monoisotopic (exact) mass is 265 g/mol. The third kappa shape index (κ3) is 3.66. The lowest BCUT2D eigenvalue weighted by atomic mass is 10.1. The fourth-order valence-electron chi connectivity index (χ4n) is 1.90. The van der Waals surface area contributed by atoms with Crippen LogP contribution in [0.15, 0.2) is 17.5 Å². The number of rotatable bonds is 5. The van der Waals surface area contributed by atoms with Gasteiger partial charge in [-0.25, -0.2) is 4.98 Å². The summed E-state index contributed by atoms with van der Waals surface area (Å²) in [6.07, 6.45) is 6.88. The highest BCUT2D eigenvalue weighted by Gasteiger charge is 2.15. The van der Waals surface area contributed by atoms with Crippen LogP contribution in [0, 0.1) is 5.92 Å². The van der Waals surface area contributed by atoms with Crippen LogP contribution in [0.25, 0.3) is 0 Å². The molecule has 5 nitrogen and oxygen atoms in total. The van der Waals surface area contributed by atoms with Crippen molar-refractivity contribution in [2.75, 3.05) is 5.32 Å². The first kappa shape index (κ1) is 12.8. The van der Waals surface area contributed by atoms with Crippen LogP contribution in [0.2, 0.25) is 0 Å². The minimum absolute atomic E-state index is 0.0356. The van der Waals surface area contributed by atoms with Gasteiger partial charge in [-0.3, -0.25) is 9.59 Å². The van der Waals surface area contributed by atoms with E-state index in [1.807, 2.05) is 0 Å². The molecule has 3 N–H and O–H groups in total.